The van der Waals surface area contributed by atoms with Gasteiger partial charge in [-0.25, -0.2) is 8.78 Å². The maximum Gasteiger partial charge on any atom is 0.133 e. The van der Waals surface area contributed by atoms with Gasteiger partial charge in [0.1, 0.15) is 23.1 Å². The quantitative estimate of drug-likeness (QED) is 0.918. The van der Waals surface area contributed by atoms with Gasteiger partial charge in [0.2, 0.25) is 0 Å². The standard InChI is InChI=1S/C16H17F2NO/c1-10-6-7-12(9-15(10)18)20-16-5-3-4-14(17)13(16)8-11(2)19/h3-7,9,11H,8,19H2,1-2H3. The van der Waals surface area contributed by atoms with Crippen molar-refractivity contribution < 1.29 is 13.5 Å². The molecule has 2 aromatic carbocycles. The number of hydrogen-bond donors (Lipinski definition) is 1. The van der Waals surface area contributed by atoms with Gasteiger partial charge in [0, 0.05) is 17.7 Å². The Morgan fingerprint density at radius 1 is 1.15 bits per heavy atom. The molecule has 20 heavy (non-hydrogen) atoms. The van der Waals surface area contributed by atoms with Crippen LogP contribution in [0.25, 0.3) is 0 Å². The van der Waals surface area contributed by atoms with E-state index in [1.54, 1.807) is 38.1 Å². The van der Waals surface area contributed by atoms with Crippen LogP contribution < -0.4 is 10.5 Å². The SMILES string of the molecule is Cc1ccc(Oc2cccc(F)c2CC(C)N)cc1F. The lowest BCUT2D eigenvalue weighted by Crippen LogP contribution is -2.19. The third-order valence-electron chi connectivity index (χ3n) is 2.97. The van der Waals surface area contributed by atoms with Crippen LogP contribution in [0.2, 0.25) is 0 Å². The lowest BCUT2D eigenvalue weighted by molar-refractivity contribution is 0.458. The Hall–Kier alpha value is -1.94. The van der Waals surface area contributed by atoms with Gasteiger partial charge in [-0.3, -0.25) is 0 Å². The van der Waals surface area contributed by atoms with Gasteiger partial charge >= 0.3 is 0 Å². The van der Waals surface area contributed by atoms with Crippen molar-refractivity contribution in [3.63, 3.8) is 0 Å². The predicted octanol–water partition coefficient (Wildman–Crippen LogP) is 3.96. The summed E-state index contributed by atoms with van der Waals surface area (Å²) < 4.78 is 32.9. The molecule has 2 N–H and O–H groups in total. The normalized spacial score (nSPS) is 12.2. The molecule has 0 aliphatic heterocycles. The fraction of sp³-hybridized carbons (Fsp3) is 0.250. The average molecular weight is 277 g/mol. The van der Waals surface area contributed by atoms with Crippen molar-refractivity contribution in [2.24, 2.45) is 5.73 Å². The molecule has 1 unspecified atom stereocenters. The first-order valence-corrected chi connectivity index (χ1v) is 6.44. The molecule has 0 aliphatic rings. The minimum absolute atomic E-state index is 0.191. The zero-order chi connectivity index (χ0) is 14.7. The second-order valence-electron chi connectivity index (χ2n) is 4.91. The van der Waals surface area contributed by atoms with E-state index >= 15 is 0 Å². The second-order valence-corrected chi connectivity index (χ2v) is 4.91. The van der Waals surface area contributed by atoms with E-state index in [-0.39, 0.29) is 17.7 Å². The van der Waals surface area contributed by atoms with Crippen molar-refractivity contribution in [1.82, 2.24) is 0 Å². The monoisotopic (exact) mass is 277 g/mol. The van der Waals surface area contributed by atoms with E-state index in [0.29, 0.717) is 29.0 Å². The van der Waals surface area contributed by atoms with Crippen molar-refractivity contribution in [2.75, 3.05) is 0 Å². The summed E-state index contributed by atoms with van der Waals surface area (Å²) in [7, 11) is 0. The molecule has 0 aliphatic carbocycles. The fourth-order valence-corrected chi connectivity index (χ4v) is 1.92. The highest BCUT2D eigenvalue weighted by Gasteiger charge is 2.12. The summed E-state index contributed by atoms with van der Waals surface area (Å²) in [5.74, 6) is -0.0183. The van der Waals surface area contributed by atoms with E-state index in [4.69, 9.17) is 10.5 Å². The molecule has 106 valence electrons. The number of rotatable bonds is 4. The van der Waals surface area contributed by atoms with Gasteiger partial charge in [0.25, 0.3) is 0 Å². The van der Waals surface area contributed by atoms with Crippen LogP contribution in [0.15, 0.2) is 36.4 Å². The highest BCUT2D eigenvalue weighted by molar-refractivity contribution is 5.40. The van der Waals surface area contributed by atoms with Crippen LogP contribution in [0.1, 0.15) is 18.1 Å². The van der Waals surface area contributed by atoms with E-state index in [0.717, 1.165) is 0 Å². The first-order chi connectivity index (χ1) is 9.47. The summed E-state index contributed by atoms with van der Waals surface area (Å²) in [5, 5.41) is 0. The molecule has 0 saturated carbocycles. The summed E-state index contributed by atoms with van der Waals surface area (Å²) in [6.07, 6.45) is 0.357. The maximum atomic E-state index is 13.8. The van der Waals surface area contributed by atoms with Crippen molar-refractivity contribution in [3.8, 4) is 11.5 Å². The van der Waals surface area contributed by atoms with Gasteiger partial charge in [-0.05, 0) is 44.0 Å². The molecule has 1 atom stereocenters. The summed E-state index contributed by atoms with van der Waals surface area (Å²) in [6, 6.07) is 8.94. The number of hydrogen-bond acceptors (Lipinski definition) is 2. The Morgan fingerprint density at radius 2 is 1.90 bits per heavy atom. The Balaban J connectivity index is 2.32. The lowest BCUT2D eigenvalue weighted by atomic mass is 10.1. The van der Waals surface area contributed by atoms with Crippen molar-refractivity contribution in [3.05, 3.63) is 59.2 Å². The molecular formula is C16H17F2NO. The van der Waals surface area contributed by atoms with Crippen LogP contribution in [0, 0.1) is 18.6 Å². The van der Waals surface area contributed by atoms with Crippen molar-refractivity contribution in [1.29, 1.82) is 0 Å². The Morgan fingerprint density at radius 3 is 2.55 bits per heavy atom. The molecule has 0 radical (unpaired) electrons. The van der Waals surface area contributed by atoms with E-state index in [2.05, 4.69) is 0 Å². The molecule has 0 bridgehead atoms. The Kier molecular flexibility index (Phi) is 4.35. The van der Waals surface area contributed by atoms with Crippen molar-refractivity contribution in [2.45, 2.75) is 26.3 Å². The zero-order valence-corrected chi connectivity index (χ0v) is 11.5. The molecule has 0 saturated heterocycles. The van der Waals surface area contributed by atoms with Gasteiger partial charge in [0.05, 0.1) is 0 Å². The number of ether oxygens (including phenoxy) is 1. The average Bonchev–Trinajstić information content (AvgIpc) is 2.38. The summed E-state index contributed by atoms with van der Waals surface area (Å²) in [4.78, 5) is 0. The minimum Gasteiger partial charge on any atom is -0.457 e. The first kappa shape index (κ1) is 14.5. The van der Waals surface area contributed by atoms with Crippen molar-refractivity contribution >= 4 is 0 Å². The van der Waals surface area contributed by atoms with Gasteiger partial charge in [-0.1, -0.05) is 12.1 Å². The fourth-order valence-electron chi connectivity index (χ4n) is 1.92. The highest BCUT2D eigenvalue weighted by Crippen LogP contribution is 2.29. The Bertz CT molecular complexity index is 611. The number of halogens is 2. The van der Waals surface area contributed by atoms with E-state index < -0.39 is 0 Å². The van der Waals surface area contributed by atoms with Crippen LogP contribution in [-0.2, 0) is 6.42 Å². The van der Waals surface area contributed by atoms with Gasteiger partial charge in [-0.15, -0.1) is 0 Å². The van der Waals surface area contributed by atoms with Gasteiger partial charge in [0.15, 0.2) is 0 Å². The molecule has 0 fully saturated rings. The molecule has 2 nitrogen and oxygen atoms in total. The number of benzene rings is 2. The Labute approximate surface area is 117 Å². The molecule has 0 amide bonds. The van der Waals surface area contributed by atoms with Crippen LogP contribution in [-0.4, -0.2) is 6.04 Å². The summed E-state index contributed by atoms with van der Waals surface area (Å²) >= 11 is 0. The molecule has 0 heterocycles. The number of aryl methyl sites for hydroxylation is 1. The third-order valence-corrected chi connectivity index (χ3v) is 2.97. The molecule has 2 rings (SSSR count). The summed E-state index contributed by atoms with van der Waals surface area (Å²) in [5.41, 5.74) is 6.66. The van der Waals surface area contributed by atoms with E-state index in [1.165, 1.54) is 12.1 Å². The smallest absolute Gasteiger partial charge is 0.133 e. The van der Waals surface area contributed by atoms with Crippen LogP contribution in [0.4, 0.5) is 8.78 Å². The summed E-state index contributed by atoms with van der Waals surface area (Å²) in [6.45, 7) is 3.46. The maximum absolute atomic E-state index is 13.8. The largest absolute Gasteiger partial charge is 0.457 e. The molecule has 0 spiro atoms. The zero-order valence-electron chi connectivity index (χ0n) is 11.5. The van der Waals surface area contributed by atoms with Crippen LogP contribution >= 0.6 is 0 Å². The molecule has 4 heteroatoms. The molecule has 0 aromatic heterocycles. The third kappa shape index (κ3) is 3.33. The van der Waals surface area contributed by atoms with E-state index in [9.17, 15) is 8.78 Å². The van der Waals surface area contributed by atoms with Crippen LogP contribution in [0.3, 0.4) is 0 Å². The lowest BCUT2D eigenvalue weighted by Gasteiger charge is -2.14. The first-order valence-electron chi connectivity index (χ1n) is 6.44. The second kappa shape index (κ2) is 6.01. The van der Waals surface area contributed by atoms with Gasteiger partial charge < -0.3 is 10.5 Å². The van der Waals surface area contributed by atoms with Crippen LogP contribution in [0.5, 0.6) is 11.5 Å². The topological polar surface area (TPSA) is 35.2 Å². The highest BCUT2D eigenvalue weighted by atomic mass is 19.1. The minimum atomic E-state index is -0.368. The number of nitrogens with two attached hydrogens (primary N) is 1. The predicted molar refractivity (Wildman–Crippen MR) is 75.0 cm³/mol. The van der Waals surface area contributed by atoms with E-state index in [1.807, 2.05) is 0 Å². The molecule has 2 aromatic rings. The molecular weight excluding hydrogens is 260 g/mol. The van der Waals surface area contributed by atoms with Gasteiger partial charge in [-0.2, -0.15) is 0 Å².